The van der Waals surface area contributed by atoms with Crippen LogP contribution in [0.25, 0.3) is 0 Å². The number of hydrogen-bond acceptors (Lipinski definition) is 4. The van der Waals surface area contributed by atoms with Gasteiger partial charge in [-0.25, -0.2) is 8.42 Å². The fourth-order valence-corrected chi connectivity index (χ4v) is 3.89. The van der Waals surface area contributed by atoms with Crippen molar-refractivity contribution >= 4 is 26.0 Å². The SMILES string of the molecule is CCOCCN(C)S(=O)(=O)c1cc(CO)cc(C)c1Br. The Morgan fingerprint density at radius 2 is 2.05 bits per heavy atom. The highest BCUT2D eigenvalue weighted by Gasteiger charge is 2.24. The molecule has 20 heavy (non-hydrogen) atoms. The molecule has 0 aliphatic carbocycles. The van der Waals surface area contributed by atoms with Crippen LogP contribution in [0.1, 0.15) is 18.1 Å². The van der Waals surface area contributed by atoms with Crippen LogP contribution in [0.4, 0.5) is 0 Å². The minimum atomic E-state index is -3.61. The van der Waals surface area contributed by atoms with Gasteiger partial charge in [0, 0.05) is 24.7 Å². The summed E-state index contributed by atoms with van der Waals surface area (Å²) < 4.78 is 32.0. The summed E-state index contributed by atoms with van der Waals surface area (Å²) in [5, 5.41) is 9.21. The fourth-order valence-electron chi connectivity index (χ4n) is 1.71. The zero-order valence-corrected chi connectivity index (χ0v) is 14.3. The van der Waals surface area contributed by atoms with Gasteiger partial charge in [-0.1, -0.05) is 6.07 Å². The first-order valence-electron chi connectivity index (χ1n) is 6.28. The Kier molecular flexibility index (Phi) is 6.60. The Morgan fingerprint density at radius 1 is 1.40 bits per heavy atom. The molecular weight excluding hydrogens is 346 g/mol. The van der Waals surface area contributed by atoms with Crippen LogP contribution in [0.3, 0.4) is 0 Å². The third-order valence-electron chi connectivity index (χ3n) is 2.91. The maximum atomic E-state index is 12.5. The van der Waals surface area contributed by atoms with Gasteiger partial charge in [0.2, 0.25) is 10.0 Å². The first-order chi connectivity index (χ1) is 9.34. The molecule has 0 radical (unpaired) electrons. The topological polar surface area (TPSA) is 66.8 Å². The average Bonchev–Trinajstić information content (AvgIpc) is 2.41. The van der Waals surface area contributed by atoms with Crippen LogP contribution in [0, 0.1) is 6.92 Å². The number of hydrogen-bond donors (Lipinski definition) is 1. The highest BCUT2D eigenvalue weighted by molar-refractivity contribution is 9.10. The van der Waals surface area contributed by atoms with E-state index in [1.54, 1.807) is 13.0 Å². The van der Waals surface area contributed by atoms with E-state index in [1.165, 1.54) is 17.4 Å². The number of sulfonamides is 1. The molecule has 0 aliphatic heterocycles. The molecule has 0 heterocycles. The molecule has 114 valence electrons. The molecule has 0 aromatic heterocycles. The number of ether oxygens (including phenoxy) is 1. The van der Waals surface area contributed by atoms with Crippen LogP contribution < -0.4 is 0 Å². The monoisotopic (exact) mass is 365 g/mol. The van der Waals surface area contributed by atoms with Crippen molar-refractivity contribution in [1.29, 1.82) is 0 Å². The predicted molar refractivity (Wildman–Crippen MR) is 81.1 cm³/mol. The van der Waals surface area contributed by atoms with Crippen molar-refractivity contribution in [2.75, 3.05) is 26.8 Å². The lowest BCUT2D eigenvalue weighted by Gasteiger charge is -2.19. The summed E-state index contributed by atoms with van der Waals surface area (Å²) in [5.74, 6) is 0. The van der Waals surface area contributed by atoms with Gasteiger partial charge in [-0.3, -0.25) is 0 Å². The molecule has 0 spiro atoms. The maximum absolute atomic E-state index is 12.5. The van der Waals surface area contributed by atoms with Gasteiger partial charge >= 0.3 is 0 Å². The van der Waals surface area contributed by atoms with Gasteiger partial charge < -0.3 is 9.84 Å². The normalized spacial score (nSPS) is 12.1. The molecule has 7 heteroatoms. The zero-order valence-electron chi connectivity index (χ0n) is 11.9. The number of rotatable bonds is 7. The second kappa shape index (κ2) is 7.51. The average molecular weight is 366 g/mol. The lowest BCUT2D eigenvalue weighted by atomic mass is 10.1. The molecule has 1 N–H and O–H groups in total. The summed E-state index contributed by atoms with van der Waals surface area (Å²) >= 11 is 3.31. The van der Waals surface area contributed by atoms with Gasteiger partial charge in [0.05, 0.1) is 18.1 Å². The molecule has 1 rings (SSSR count). The van der Waals surface area contributed by atoms with Crippen LogP contribution in [-0.4, -0.2) is 44.6 Å². The molecule has 0 saturated carbocycles. The predicted octanol–water partition coefficient (Wildman–Crippen LogP) is 1.91. The molecule has 0 saturated heterocycles. The summed E-state index contributed by atoms with van der Waals surface area (Å²) in [6.45, 7) is 4.64. The summed E-state index contributed by atoms with van der Waals surface area (Å²) in [6.07, 6.45) is 0. The zero-order chi connectivity index (χ0) is 15.3. The number of aryl methyl sites for hydroxylation is 1. The Labute approximate surface area is 128 Å². The van der Waals surface area contributed by atoms with Crippen molar-refractivity contribution in [1.82, 2.24) is 4.31 Å². The number of aliphatic hydroxyl groups is 1. The number of aliphatic hydroxyl groups excluding tert-OH is 1. The highest BCUT2D eigenvalue weighted by Crippen LogP contribution is 2.29. The molecule has 0 amide bonds. The van der Waals surface area contributed by atoms with Crippen molar-refractivity contribution in [3.05, 3.63) is 27.7 Å². The van der Waals surface area contributed by atoms with Crippen molar-refractivity contribution in [2.24, 2.45) is 0 Å². The van der Waals surface area contributed by atoms with E-state index in [1.807, 2.05) is 6.92 Å². The van der Waals surface area contributed by atoms with E-state index in [0.717, 1.165) is 5.56 Å². The van der Waals surface area contributed by atoms with Crippen molar-refractivity contribution in [2.45, 2.75) is 25.3 Å². The van der Waals surface area contributed by atoms with Crippen LogP contribution in [-0.2, 0) is 21.4 Å². The lowest BCUT2D eigenvalue weighted by Crippen LogP contribution is -2.30. The quantitative estimate of drug-likeness (QED) is 0.749. The fraction of sp³-hybridized carbons (Fsp3) is 0.538. The Hall–Kier alpha value is -0.470. The summed E-state index contributed by atoms with van der Waals surface area (Å²) in [4.78, 5) is 0.167. The number of likely N-dealkylation sites (N-methyl/N-ethyl adjacent to an activating group) is 1. The second-order valence-corrected chi connectivity index (χ2v) is 7.21. The first-order valence-corrected chi connectivity index (χ1v) is 8.51. The van der Waals surface area contributed by atoms with E-state index in [2.05, 4.69) is 15.9 Å². The van der Waals surface area contributed by atoms with E-state index in [4.69, 9.17) is 4.74 Å². The molecule has 5 nitrogen and oxygen atoms in total. The number of benzene rings is 1. The van der Waals surface area contributed by atoms with Crippen LogP contribution in [0.2, 0.25) is 0 Å². The van der Waals surface area contributed by atoms with Gasteiger partial charge in [-0.05, 0) is 47.0 Å². The van der Waals surface area contributed by atoms with Gasteiger partial charge in [-0.15, -0.1) is 0 Å². The smallest absolute Gasteiger partial charge is 0.244 e. The van der Waals surface area contributed by atoms with Crippen LogP contribution >= 0.6 is 15.9 Å². The summed E-state index contributed by atoms with van der Waals surface area (Å²) in [5.41, 5.74) is 1.34. The highest BCUT2D eigenvalue weighted by atomic mass is 79.9. The third kappa shape index (κ3) is 4.02. The van der Waals surface area contributed by atoms with E-state index >= 15 is 0 Å². The van der Waals surface area contributed by atoms with Gasteiger partial charge in [0.25, 0.3) is 0 Å². The minimum absolute atomic E-state index is 0.167. The standard InChI is InChI=1S/C13H20BrNO4S/c1-4-19-6-5-15(3)20(17,18)12-8-11(9-16)7-10(2)13(12)14/h7-8,16H,4-6,9H2,1-3H3. The van der Waals surface area contributed by atoms with Gasteiger partial charge in [-0.2, -0.15) is 4.31 Å². The van der Waals surface area contributed by atoms with Crippen molar-refractivity contribution in [3.63, 3.8) is 0 Å². The largest absolute Gasteiger partial charge is 0.392 e. The van der Waals surface area contributed by atoms with Crippen LogP contribution in [0.5, 0.6) is 0 Å². The molecular formula is C13H20BrNO4S. The number of nitrogens with zero attached hydrogens (tertiary/aromatic N) is 1. The molecule has 0 aliphatic rings. The maximum Gasteiger partial charge on any atom is 0.244 e. The van der Waals surface area contributed by atoms with Gasteiger partial charge in [0.1, 0.15) is 0 Å². The molecule has 0 atom stereocenters. The second-order valence-electron chi connectivity index (χ2n) is 4.41. The molecule has 0 fully saturated rings. The van der Waals surface area contributed by atoms with E-state index in [9.17, 15) is 13.5 Å². The van der Waals surface area contributed by atoms with Crippen molar-refractivity contribution in [3.8, 4) is 0 Å². The van der Waals surface area contributed by atoms with E-state index in [0.29, 0.717) is 23.2 Å². The lowest BCUT2D eigenvalue weighted by molar-refractivity contribution is 0.138. The minimum Gasteiger partial charge on any atom is -0.392 e. The van der Waals surface area contributed by atoms with E-state index < -0.39 is 10.0 Å². The first kappa shape index (κ1) is 17.6. The van der Waals surface area contributed by atoms with Gasteiger partial charge in [0.15, 0.2) is 0 Å². The molecule has 1 aromatic carbocycles. The van der Waals surface area contributed by atoms with Crippen molar-refractivity contribution < 1.29 is 18.3 Å². The molecule has 1 aromatic rings. The number of halogens is 1. The third-order valence-corrected chi connectivity index (χ3v) is 6.10. The molecule has 0 unspecified atom stereocenters. The van der Waals surface area contributed by atoms with E-state index in [-0.39, 0.29) is 18.0 Å². The summed E-state index contributed by atoms with van der Waals surface area (Å²) in [7, 11) is -2.09. The molecule has 0 bridgehead atoms. The van der Waals surface area contributed by atoms with Crippen LogP contribution in [0.15, 0.2) is 21.5 Å². The Morgan fingerprint density at radius 3 is 2.60 bits per heavy atom. The Balaban J connectivity index is 3.11. The Bertz CT molecular complexity index is 560. The summed E-state index contributed by atoms with van der Waals surface area (Å²) in [6, 6.07) is 3.24.